The lowest BCUT2D eigenvalue weighted by Gasteiger charge is -2.18. The highest BCUT2D eigenvalue weighted by Gasteiger charge is 2.41. The van der Waals surface area contributed by atoms with Crippen LogP contribution in [0, 0.1) is 0 Å². The predicted molar refractivity (Wildman–Crippen MR) is 41.8 cm³/mol. The van der Waals surface area contributed by atoms with Crippen LogP contribution < -0.4 is 0 Å². The number of nitrogens with zero attached hydrogens (tertiary/aromatic N) is 2. The van der Waals surface area contributed by atoms with Gasteiger partial charge < -0.3 is 19.3 Å². The predicted octanol–water partition coefficient (Wildman–Crippen LogP) is 0.137. The zero-order valence-corrected chi connectivity index (χ0v) is 7.12. The summed E-state index contributed by atoms with van der Waals surface area (Å²) < 4.78 is 11.0. The van der Waals surface area contributed by atoms with Gasteiger partial charge in [-0.3, -0.25) is 0 Å². The molecule has 0 saturated carbocycles. The molecule has 0 aromatic carbocycles. The van der Waals surface area contributed by atoms with E-state index in [-0.39, 0.29) is 0 Å². The van der Waals surface area contributed by atoms with Gasteiger partial charge in [-0.1, -0.05) is 0 Å². The molecule has 0 bridgehead atoms. The van der Waals surface area contributed by atoms with E-state index in [1.807, 2.05) is 0 Å². The molecule has 3 aliphatic rings. The highest BCUT2D eigenvalue weighted by Crippen LogP contribution is 2.34. The van der Waals surface area contributed by atoms with E-state index >= 15 is 0 Å². The van der Waals surface area contributed by atoms with Crippen LogP contribution in [0.3, 0.4) is 0 Å². The normalized spacial score (nSPS) is 31.9. The molecule has 0 aliphatic carbocycles. The second-order valence-corrected chi connectivity index (χ2v) is 3.49. The lowest BCUT2D eigenvalue weighted by molar-refractivity contribution is 0.190. The Bertz CT molecular complexity index is 251. The second kappa shape index (κ2) is 2.00. The maximum Gasteiger partial charge on any atom is 0.253 e. The molecule has 4 nitrogen and oxygen atoms in total. The van der Waals surface area contributed by atoms with Crippen molar-refractivity contribution in [3.8, 4) is 0 Å². The molecule has 3 rings (SSSR count). The smallest absolute Gasteiger partial charge is 0.253 e. The number of ether oxygens (including phenoxy) is 2. The van der Waals surface area contributed by atoms with E-state index in [4.69, 9.17) is 9.47 Å². The van der Waals surface area contributed by atoms with Gasteiger partial charge in [0.1, 0.15) is 13.2 Å². The number of rotatable bonds is 0. The molecule has 2 fully saturated rings. The summed E-state index contributed by atoms with van der Waals surface area (Å²) in [6.07, 6.45) is 0. The van der Waals surface area contributed by atoms with Gasteiger partial charge in [0.15, 0.2) is 0 Å². The monoisotopic (exact) mass is 168 g/mol. The Kier molecular flexibility index (Phi) is 1.07. The van der Waals surface area contributed by atoms with Gasteiger partial charge in [0.2, 0.25) is 0 Å². The fourth-order valence-electron chi connectivity index (χ4n) is 1.92. The standard InChI is InChI=1S/C8H12N2O2/c1-6-4-12-8-7-9(2-3-11-7)5-10(6)8/h6H,2-5H2,1H3. The van der Waals surface area contributed by atoms with Crippen LogP contribution in [-0.4, -0.2) is 42.3 Å². The van der Waals surface area contributed by atoms with Gasteiger partial charge in [-0.05, 0) is 6.92 Å². The first-order valence-corrected chi connectivity index (χ1v) is 4.38. The summed E-state index contributed by atoms with van der Waals surface area (Å²) in [6.45, 7) is 5.74. The minimum atomic E-state index is 0.502. The van der Waals surface area contributed by atoms with E-state index in [0.717, 1.165) is 38.2 Å². The Morgan fingerprint density at radius 2 is 2.25 bits per heavy atom. The molecule has 66 valence electrons. The topological polar surface area (TPSA) is 24.9 Å². The van der Waals surface area contributed by atoms with Crippen LogP contribution in [0.4, 0.5) is 0 Å². The minimum Gasteiger partial charge on any atom is -0.473 e. The molecule has 4 heteroatoms. The van der Waals surface area contributed by atoms with Crippen molar-refractivity contribution < 1.29 is 9.47 Å². The highest BCUT2D eigenvalue weighted by atomic mass is 16.6. The molecule has 0 spiro atoms. The molecule has 0 N–H and O–H groups in total. The molecule has 3 heterocycles. The zero-order valence-electron chi connectivity index (χ0n) is 7.12. The molecule has 0 radical (unpaired) electrons. The van der Waals surface area contributed by atoms with Crippen molar-refractivity contribution in [3.63, 3.8) is 0 Å². The van der Waals surface area contributed by atoms with Crippen molar-refractivity contribution in [1.29, 1.82) is 0 Å². The Morgan fingerprint density at radius 3 is 3.17 bits per heavy atom. The Morgan fingerprint density at radius 1 is 1.33 bits per heavy atom. The van der Waals surface area contributed by atoms with Gasteiger partial charge in [-0.25, -0.2) is 0 Å². The second-order valence-electron chi connectivity index (χ2n) is 3.49. The summed E-state index contributed by atoms with van der Waals surface area (Å²) in [5, 5.41) is 0. The van der Waals surface area contributed by atoms with Crippen molar-refractivity contribution in [1.82, 2.24) is 9.80 Å². The SMILES string of the molecule is CC1COC2=C3OCCN3CN21. The van der Waals surface area contributed by atoms with Crippen LogP contribution >= 0.6 is 0 Å². The Labute approximate surface area is 71.3 Å². The first kappa shape index (κ1) is 6.46. The molecule has 1 unspecified atom stereocenters. The molecule has 3 aliphatic heterocycles. The number of hydrogen-bond acceptors (Lipinski definition) is 4. The summed E-state index contributed by atoms with van der Waals surface area (Å²) in [7, 11) is 0. The maximum absolute atomic E-state index is 5.54. The van der Waals surface area contributed by atoms with Crippen LogP contribution in [0.5, 0.6) is 0 Å². The zero-order chi connectivity index (χ0) is 8.13. The van der Waals surface area contributed by atoms with Gasteiger partial charge in [0, 0.05) is 0 Å². The number of hydrogen-bond donors (Lipinski definition) is 0. The summed E-state index contributed by atoms with van der Waals surface area (Å²) >= 11 is 0. The minimum absolute atomic E-state index is 0.502. The van der Waals surface area contributed by atoms with E-state index in [2.05, 4.69) is 16.7 Å². The lowest BCUT2D eigenvalue weighted by atomic mass is 10.3. The lowest BCUT2D eigenvalue weighted by Crippen LogP contribution is -2.31. The average molecular weight is 168 g/mol. The quantitative estimate of drug-likeness (QED) is 0.513. The van der Waals surface area contributed by atoms with Gasteiger partial charge in [-0.2, -0.15) is 0 Å². The largest absolute Gasteiger partial charge is 0.473 e. The molecule has 0 amide bonds. The van der Waals surface area contributed by atoms with E-state index in [1.165, 1.54) is 0 Å². The van der Waals surface area contributed by atoms with Crippen molar-refractivity contribution >= 4 is 0 Å². The third kappa shape index (κ3) is 0.629. The third-order valence-electron chi connectivity index (χ3n) is 2.65. The van der Waals surface area contributed by atoms with Crippen LogP contribution in [-0.2, 0) is 9.47 Å². The summed E-state index contributed by atoms with van der Waals surface area (Å²) in [5.41, 5.74) is 0. The third-order valence-corrected chi connectivity index (χ3v) is 2.65. The first-order valence-electron chi connectivity index (χ1n) is 4.38. The fraction of sp³-hybridized carbons (Fsp3) is 0.750. The van der Waals surface area contributed by atoms with E-state index in [0.29, 0.717) is 6.04 Å². The van der Waals surface area contributed by atoms with E-state index in [9.17, 15) is 0 Å². The van der Waals surface area contributed by atoms with Crippen LogP contribution in [0.15, 0.2) is 11.8 Å². The molecule has 0 aromatic heterocycles. The molecule has 2 saturated heterocycles. The van der Waals surface area contributed by atoms with E-state index < -0.39 is 0 Å². The molecule has 12 heavy (non-hydrogen) atoms. The fourth-order valence-corrected chi connectivity index (χ4v) is 1.92. The van der Waals surface area contributed by atoms with Crippen LogP contribution in [0.1, 0.15) is 6.92 Å². The van der Waals surface area contributed by atoms with Crippen LogP contribution in [0.2, 0.25) is 0 Å². The van der Waals surface area contributed by atoms with Crippen molar-refractivity contribution in [2.24, 2.45) is 0 Å². The molecule has 1 atom stereocenters. The molecule has 0 aromatic rings. The maximum atomic E-state index is 5.54. The Hall–Kier alpha value is -1.06. The van der Waals surface area contributed by atoms with Gasteiger partial charge >= 0.3 is 0 Å². The van der Waals surface area contributed by atoms with Gasteiger partial charge in [0.25, 0.3) is 11.8 Å². The van der Waals surface area contributed by atoms with Crippen molar-refractivity contribution in [2.45, 2.75) is 13.0 Å². The van der Waals surface area contributed by atoms with Gasteiger partial charge in [0.05, 0.1) is 19.3 Å². The van der Waals surface area contributed by atoms with Crippen LogP contribution in [0.25, 0.3) is 0 Å². The van der Waals surface area contributed by atoms with Gasteiger partial charge in [-0.15, -0.1) is 0 Å². The summed E-state index contributed by atoms with van der Waals surface area (Å²) in [4.78, 5) is 4.49. The Balaban J connectivity index is 1.98. The van der Waals surface area contributed by atoms with Crippen molar-refractivity contribution in [2.75, 3.05) is 26.4 Å². The summed E-state index contributed by atoms with van der Waals surface area (Å²) in [6, 6.07) is 0.502. The summed E-state index contributed by atoms with van der Waals surface area (Å²) in [5.74, 6) is 1.92. The molecular weight excluding hydrogens is 156 g/mol. The highest BCUT2D eigenvalue weighted by molar-refractivity contribution is 5.13. The van der Waals surface area contributed by atoms with E-state index in [1.54, 1.807) is 0 Å². The average Bonchev–Trinajstić information content (AvgIpc) is 2.63. The first-order chi connectivity index (χ1) is 5.86. The number of fused-ring (bicyclic) bond motifs is 2. The molecular formula is C8H12N2O2. The van der Waals surface area contributed by atoms with Crippen molar-refractivity contribution in [3.05, 3.63) is 11.8 Å².